The van der Waals surface area contributed by atoms with Crippen molar-refractivity contribution in [3.05, 3.63) is 51.5 Å². The van der Waals surface area contributed by atoms with Crippen LogP contribution >= 0.6 is 11.3 Å². The van der Waals surface area contributed by atoms with E-state index in [1.807, 2.05) is 23.3 Å². The number of carbonyl (C=O) groups excluding carboxylic acids is 1. The minimum atomic E-state index is -0.0831. The predicted molar refractivity (Wildman–Crippen MR) is 94.2 cm³/mol. The van der Waals surface area contributed by atoms with E-state index in [1.54, 1.807) is 11.3 Å². The second-order valence-corrected chi connectivity index (χ2v) is 7.50. The van der Waals surface area contributed by atoms with Gasteiger partial charge in [-0.05, 0) is 37.3 Å². The quantitative estimate of drug-likeness (QED) is 0.839. The summed E-state index contributed by atoms with van der Waals surface area (Å²) in [6.45, 7) is 3.87. The fourth-order valence-electron chi connectivity index (χ4n) is 3.75. The number of morpholine rings is 1. The molecule has 0 saturated carbocycles. The van der Waals surface area contributed by atoms with Crippen molar-refractivity contribution in [2.24, 2.45) is 0 Å². The molecule has 2 aromatic rings. The van der Waals surface area contributed by atoms with Gasteiger partial charge < -0.3 is 9.64 Å². The van der Waals surface area contributed by atoms with Crippen LogP contribution < -0.4 is 0 Å². The first-order valence-electron chi connectivity index (χ1n) is 8.62. The number of fused-ring (bicyclic) bond motifs is 1. The fraction of sp³-hybridized carbons (Fsp3) is 0.474. The van der Waals surface area contributed by atoms with E-state index in [4.69, 9.17) is 4.74 Å². The number of amides is 1. The highest BCUT2D eigenvalue weighted by Gasteiger charge is 2.33. The van der Waals surface area contributed by atoms with Gasteiger partial charge in [-0.1, -0.05) is 24.3 Å². The molecular weight excluding hydrogens is 320 g/mol. The van der Waals surface area contributed by atoms with Gasteiger partial charge in [0.2, 0.25) is 5.91 Å². The molecule has 2 aliphatic rings. The number of ether oxygens (including phenoxy) is 1. The van der Waals surface area contributed by atoms with Crippen molar-refractivity contribution in [2.45, 2.75) is 38.2 Å². The SMILES string of the molecule is Cc1csc([C@H]2CN(C(=O)[C@H]3CCCc4ccccc43)CCO2)n1. The highest BCUT2D eigenvalue weighted by molar-refractivity contribution is 7.09. The molecule has 4 rings (SSSR count). The maximum atomic E-state index is 13.2. The molecule has 1 aromatic carbocycles. The van der Waals surface area contributed by atoms with Crippen molar-refractivity contribution < 1.29 is 9.53 Å². The van der Waals surface area contributed by atoms with Gasteiger partial charge in [0, 0.05) is 17.6 Å². The van der Waals surface area contributed by atoms with Crippen LogP contribution in [0.4, 0.5) is 0 Å². The summed E-state index contributed by atoms with van der Waals surface area (Å²) in [4.78, 5) is 19.7. The summed E-state index contributed by atoms with van der Waals surface area (Å²) < 4.78 is 5.87. The van der Waals surface area contributed by atoms with E-state index in [2.05, 4.69) is 23.2 Å². The summed E-state index contributed by atoms with van der Waals surface area (Å²) in [6.07, 6.45) is 3.05. The van der Waals surface area contributed by atoms with E-state index in [-0.39, 0.29) is 17.9 Å². The molecule has 2 atom stereocenters. The Morgan fingerprint density at radius 2 is 2.25 bits per heavy atom. The minimum absolute atomic E-state index is 0.00623. The number of rotatable bonds is 2. The predicted octanol–water partition coefficient (Wildman–Crippen LogP) is 3.47. The Balaban J connectivity index is 1.52. The third-order valence-corrected chi connectivity index (χ3v) is 6.01. The summed E-state index contributed by atoms with van der Waals surface area (Å²) in [5, 5.41) is 3.02. The molecule has 0 unspecified atom stereocenters. The number of aromatic nitrogens is 1. The zero-order chi connectivity index (χ0) is 16.5. The van der Waals surface area contributed by atoms with Crippen molar-refractivity contribution in [2.75, 3.05) is 19.7 Å². The van der Waals surface area contributed by atoms with E-state index in [1.165, 1.54) is 11.1 Å². The normalized spacial score (nSPS) is 23.8. The standard InChI is InChI=1S/C19H22N2O2S/c1-13-12-24-18(20-13)17-11-21(9-10-23-17)19(22)16-8-4-6-14-5-2-3-7-15(14)16/h2-3,5,7,12,16-17H,4,6,8-11H2,1H3/t16-,17+/m0/s1. The Bertz CT molecular complexity index is 742. The lowest BCUT2D eigenvalue weighted by Gasteiger charge is -2.36. The Morgan fingerprint density at radius 3 is 3.08 bits per heavy atom. The maximum absolute atomic E-state index is 13.2. The number of hydrogen-bond donors (Lipinski definition) is 0. The molecule has 126 valence electrons. The number of aryl methyl sites for hydroxylation is 2. The average Bonchev–Trinajstić information content (AvgIpc) is 3.07. The molecule has 4 nitrogen and oxygen atoms in total. The Labute approximate surface area is 146 Å². The summed E-state index contributed by atoms with van der Waals surface area (Å²) in [7, 11) is 0. The van der Waals surface area contributed by atoms with Gasteiger partial charge in [0.05, 0.1) is 19.1 Å². The van der Waals surface area contributed by atoms with Crippen molar-refractivity contribution >= 4 is 17.2 Å². The van der Waals surface area contributed by atoms with Gasteiger partial charge in [0.25, 0.3) is 0 Å². The number of benzene rings is 1. The second kappa shape index (κ2) is 6.65. The molecule has 1 aliphatic carbocycles. The topological polar surface area (TPSA) is 42.4 Å². The zero-order valence-corrected chi connectivity index (χ0v) is 14.7. The summed E-state index contributed by atoms with van der Waals surface area (Å²) in [5.74, 6) is 0.260. The van der Waals surface area contributed by atoms with Gasteiger partial charge in [-0.2, -0.15) is 0 Å². The summed E-state index contributed by atoms with van der Waals surface area (Å²) >= 11 is 1.62. The van der Waals surface area contributed by atoms with Crippen LogP contribution in [0, 0.1) is 6.92 Å². The van der Waals surface area contributed by atoms with Gasteiger partial charge in [0.1, 0.15) is 11.1 Å². The molecule has 1 fully saturated rings. The van der Waals surface area contributed by atoms with Crippen LogP contribution in [0.2, 0.25) is 0 Å². The van der Waals surface area contributed by atoms with Gasteiger partial charge >= 0.3 is 0 Å². The van der Waals surface area contributed by atoms with E-state index in [0.29, 0.717) is 19.7 Å². The monoisotopic (exact) mass is 342 g/mol. The average molecular weight is 342 g/mol. The van der Waals surface area contributed by atoms with E-state index in [0.717, 1.165) is 30.0 Å². The Hall–Kier alpha value is -1.72. The molecule has 1 aliphatic heterocycles. The molecule has 5 heteroatoms. The van der Waals surface area contributed by atoms with Crippen LogP contribution in [0.15, 0.2) is 29.6 Å². The number of carbonyl (C=O) groups is 1. The van der Waals surface area contributed by atoms with Gasteiger partial charge in [-0.25, -0.2) is 4.98 Å². The molecule has 0 spiro atoms. The Morgan fingerprint density at radius 1 is 1.38 bits per heavy atom. The fourth-order valence-corrected chi connectivity index (χ4v) is 4.58. The van der Waals surface area contributed by atoms with Crippen LogP contribution in [0.3, 0.4) is 0 Å². The van der Waals surface area contributed by atoms with Crippen LogP contribution in [-0.4, -0.2) is 35.5 Å². The highest BCUT2D eigenvalue weighted by atomic mass is 32.1. The summed E-state index contributed by atoms with van der Waals surface area (Å²) in [6, 6.07) is 8.40. The molecule has 0 bridgehead atoms. The van der Waals surface area contributed by atoms with Gasteiger partial charge in [-0.15, -0.1) is 11.3 Å². The summed E-state index contributed by atoms with van der Waals surface area (Å²) in [5.41, 5.74) is 3.58. The van der Waals surface area contributed by atoms with Gasteiger partial charge in [-0.3, -0.25) is 4.79 Å². The highest BCUT2D eigenvalue weighted by Crippen LogP contribution is 2.34. The molecule has 2 heterocycles. The molecule has 0 radical (unpaired) electrons. The van der Waals surface area contributed by atoms with Crippen LogP contribution in [0.1, 0.15) is 46.7 Å². The maximum Gasteiger partial charge on any atom is 0.230 e. The first-order chi connectivity index (χ1) is 11.7. The second-order valence-electron chi connectivity index (χ2n) is 6.61. The van der Waals surface area contributed by atoms with Crippen molar-refractivity contribution in [3.63, 3.8) is 0 Å². The first kappa shape index (κ1) is 15.8. The van der Waals surface area contributed by atoms with Crippen molar-refractivity contribution in [1.29, 1.82) is 0 Å². The smallest absolute Gasteiger partial charge is 0.230 e. The third kappa shape index (κ3) is 2.98. The van der Waals surface area contributed by atoms with Crippen LogP contribution in [0.5, 0.6) is 0 Å². The number of hydrogen-bond acceptors (Lipinski definition) is 4. The van der Waals surface area contributed by atoms with E-state index in [9.17, 15) is 4.79 Å². The van der Waals surface area contributed by atoms with Crippen LogP contribution in [0.25, 0.3) is 0 Å². The number of thiazole rings is 1. The Kier molecular flexibility index (Phi) is 4.37. The third-order valence-electron chi connectivity index (χ3n) is 4.96. The van der Waals surface area contributed by atoms with Crippen LogP contribution in [-0.2, 0) is 16.0 Å². The molecule has 1 saturated heterocycles. The van der Waals surface area contributed by atoms with E-state index >= 15 is 0 Å². The molecule has 24 heavy (non-hydrogen) atoms. The molecule has 0 N–H and O–H groups in total. The van der Waals surface area contributed by atoms with E-state index < -0.39 is 0 Å². The lowest BCUT2D eigenvalue weighted by molar-refractivity contribution is -0.141. The number of nitrogens with zero attached hydrogens (tertiary/aromatic N) is 2. The lowest BCUT2D eigenvalue weighted by Crippen LogP contribution is -2.44. The lowest BCUT2D eigenvalue weighted by atomic mass is 9.82. The van der Waals surface area contributed by atoms with Crippen molar-refractivity contribution in [3.8, 4) is 0 Å². The largest absolute Gasteiger partial charge is 0.367 e. The van der Waals surface area contributed by atoms with Gasteiger partial charge in [0.15, 0.2) is 0 Å². The first-order valence-corrected chi connectivity index (χ1v) is 9.50. The molecule has 1 aromatic heterocycles. The molecule has 1 amide bonds. The zero-order valence-electron chi connectivity index (χ0n) is 13.9. The van der Waals surface area contributed by atoms with Crippen molar-refractivity contribution in [1.82, 2.24) is 9.88 Å². The minimum Gasteiger partial charge on any atom is -0.367 e. The molecular formula is C19H22N2O2S.